The van der Waals surface area contributed by atoms with E-state index in [9.17, 15) is 19.5 Å². The van der Waals surface area contributed by atoms with Crippen LogP contribution in [0.15, 0.2) is 97.2 Å². The third kappa shape index (κ3) is 75.5. The maximum atomic E-state index is 13.0. The lowest BCUT2D eigenvalue weighted by Crippen LogP contribution is -2.40. The van der Waals surface area contributed by atoms with E-state index in [1.807, 2.05) is 21.1 Å². The Labute approximate surface area is 575 Å². The highest BCUT2D eigenvalue weighted by molar-refractivity contribution is 5.71. The van der Waals surface area contributed by atoms with Crippen LogP contribution in [0.1, 0.15) is 361 Å². The molecule has 0 aromatic rings. The number of quaternary nitrogens is 1. The van der Waals surface area contributed by atoms with Gasteiger partial charge in [-0.05, 0) is 96.3 Å². The van der Waals surface area contributed by atoms with Crippen molar-refractivity contribution in [3.05, 3.63) is 97.2 Å². The number of rotatable bonds is 73. The molecule has 0 saturated carbocycles. The SMILES string of the molecule is CC/C=C\C/C=C\C/C=C\C/C=C\C/C=C\C/C=C\C/C=C\CCCCCCCC(=O)OC(COC(=O)CCCCCCCCCCCCCCCCCCCCCCCCCCCCCCC/C=C\CCCCCCCCCC)COC(OCC[N+](C)(C)C)C(=O)O. The van der Waals surface area contributed by atoms with Crippen molar-refractivity contribution >= 4 is 17.9 Å². The molecular weight excluding hydrogens is 1150 g/mol. The maximum absolute atomic E-state index is 13.0. The molecule has 93 heavy (non-hydrogen) atoms. The molecule has 0 amide bonds. The Hall–Kier alpha value is -3.79. The van der Waals surface area contributed by atoms with Crippen molar-refractivity contribution in [2.75, 3.05) is 47.5 Å². The van der Waals surface area contributed by atoms with Gasteiger partial charge in [0.2, 0.25) is 0 Å². The highest BCUT2D eigenvalue weighted by Gasteiger charge is 2.25. The maximum Gasteiger partial charge on any atom is 0.361 e. The van der Waals surface area contributed by atoms with E-state index in [0.717, 1.165) is 96.3 Å². The van der Waals surface area contributed by atoms with E-state index in [-0.39, 0.29) is 32.2 Å². The Morgan fingerprint density at radius 1 is 0.333 bits per heavy atom. The summed E-state index contributed by atoms with van der Waals surface area (Å²) in [5.74, 6) is -2.02. The molecule has 0 aromatic heterocycles. The summed E-state index contributed by atoms with van der Waals surface area (Å²) in [7, 11) is 5.97. The number of carbonyl (C=O) groups is 3. The molecule has 0 aliphatic carbocycles. The molecule has 0 aliphatic heterocycles. The number of nitrogens with zero attached hydrogens (tertiary/aromatic N) is 1. The summed E-state index contributed by atoms with van der Waals surface area (Å²) in [6, 6.07) is 0. The van der Waals surface area contributed by atoms with Gasteiger partial charge in [0, 0.05) is 12.8 Å². The molecule has 0 aromatic carbocycles. The summed E-state index contributed by atoms with van der Waals surface area (Å²) >= 11 is 0. The number of hydrogen-bond donors (Lipinski definition) is 1. The van der Waals surface area contributed by atoms with Crippen LogP contribution in [-0.4, -0.2) is 87.4 Å². The fourth-order valence-electron chi connectivity index (χ4n) is 11.3. The van der Waals surface area contributed by atoms with Crippen LogP contribution in [0.5, 0.6) is 0 Å². The molecule has 538 valence electrons. The number of carboxylic acid groups (broad SMARTS) is 1. The quantitative estimate of drug-likeness (QED) is 0.0211. The standard InChI is InChI=1S/C84H149NO8/c1-6-8-10-12-14-16-18-20-22-24-26-28-30-32-34-35-36-37-38-39-40-41-42-43-44-45-46-47-49-50-52-54-56-58-60-62-64-66-68-70-72-74-81(86)91-78-80(79-92-84(83(88)89)90-77-76-85(3,4)5)93-82(87)75-73-71-69-67-65-63-61-59-57-55-53-51-48-33-31-29-27-25-23-21-19-17-15-13-11-9-7-2/h9,11,15,17,21,23-24,26-27,29,33,48,53,55,59,61,80,84H,6-8,10,12-14,16,18-20,22,25,28,30-32,34-47,49-52,54,56-58,60,62-79H2,1-5H3/p+1/b11-9-,17-15-,23-21-,26-24-,29-27-,48-33-,55-53-,61-59-. The largest absolute Gasteiger partial charge is 0.477 e. The van der Waals surface area contributed by atoms with Crippen LogP contribution in [0.25, 0.3) is 0 Å². The predicted molar refractivity (Wildman–Crippen MR) is 401 cm³/mol. The second-order valence-corrected chi connectivity index (χ2v) is 27.6. The van der Waals surface area contributed by atoms with Gasteiger partial charge in [-0.25, -0.2) is 4.79 Å². The number of ether oxygens (including phenoxy) is 4. The molecule has 9 heteroatoms. The van der Waals surface area contributed by atoms with E-state index in [1.165, 1.54) is 231 Å². The minimum atomic E-state index is -1.52. The fourth-order valence-corrected chi connectivity index (χ4v) is 11.3. The van der Waals surface area contributed by atoms with Crippen LogP contribution < -0.4 is 0 Å². The number of aliphatic carboxylic acids is 1. The van der Waals surface area contributed by atoms with Gasteiger partial charge in [-0.2, -0.15) is 0 Å². The van der Waals surface area contributed by atoms with Crippen molar-refractivity contribution in [1.82, 2.24) is 0 Å². The van der Waals surface area contributed by atoms with E-state index in [2.05, 4.69) is 111 Å². The number of likely N-dealkylation sites (N-methyl/N-ethyl adjacent to an activating group) is 1. The minimum Gasteiger partial charge on any atom is -0.477 e. The van der Waals surface area contributed by atoms with Gasteiger partial charge in [-0.3, -0.25) is 9.59 Å². The molecule has 0 heterocycles. The molecular formula is C84H150NO8+. The van der Waals surface area contributed by atoms with Gasteiger partial charge < -0.3 is 28.5 Å². The second-order valence-electron chi connectivity index (χ2n) is 27.6. The first kappa shape index (κ1) is 89.2. The van der Waals surface area contributed by atoms with Gasteiger partial charge in [-0.15, -0.1) is 0 Å². The normalized spacial score (nSPS) is 13.2. The molecule has 9 nitrogen and oxygen atoms in total. The van der Waals surface area contributed by atoms with Crippen LogP contribution in [0, 0.1) is 0 Å². The van der Waals surface area contributed by atoms with Crippen molar-refractivity contribution in [2.45, 2.75) is 373 Å². The molecule has 0 bridgehead atoms. The summed E-state index contributed by atoms with van der Waals surface area (Å²) in [6.45, 7) is 4.77. The summed E-state index contributed by atoms with van der Waals surface area (Å²) in [5, 5.41) is 9.76. The number of carbonyl (C=O) groups excluding carboxylic acids is 2. The van der Waals surface area contributed by atoms with Gasteiger partial charge in [0.05, 0.1) is 34.4 Å². The molecule has 2 unspecified atom stereocenters. The van der Waals surface area contributed by atoms with E-state index >= 15 is 0 Å². The first-order chi connectivity index (χ1) is 45.6. The van der Waals surface area contributed by atoms with Crippen molar-refractivity contribution in [3.8, 4) is 0 Å². The molecule has 1 N–H and O–H groups in total. The van der Waals surface area contributed by atoms with Crippen LogP contribution in [0.3, 0.4) is 0 Å². The first-order valence-corrected chi connectivity index (χ1v) is 39.4. The third-order valence-electron chi connectivity index (χ3n) is 17.3. The van der Waals surface area contributed by atoms with Crippen molar-refractivity contribution in [1.29, 1.82) is 0 Å². The van der Waals surface area contributed by atoms with Crippen LogP contribution in [0.2, 0.25) is 0 Å². The third-order valence-corrected chi connectivity index (χ3v) is 17.3. The predicted octanol–water partition coefficient (Wildman–Crippen LogP) is 25.1. The highest BCUT2D eigenvalue weighted by atomic mass is 16.7. The molecule has 0 radical (unpaired) electrons. The van der Waals surface area contributed by atoms with Crippen molar-refractivity contribution in [2.24, 2.45) is 0 Å². The van der Waals surface area contributed by atoms with E-state index in [0.29, 0.717) is 23.9 Å². The molecule has 0 rings (SSSR count). The summed E-state index contributed by atoms with van der Waals surface area (Å²) in [6.07, 6.45) is 100. The summed E-state index contributed by atoms with van der Waals surface area (Å²) in [5.41, 5.74) is 0. The topological polar surface area (TPSA) is 108 Å². The lowest BCUT2D eigenvalue weighted by atomic mass is 10.0. The van der Waals surface area contributed by atoms with Crippen LogP contribution in [-0.2, 0) is 33.3 Å². The minimum absolute atomic E-state index is 0.180. The lowest BCUT2D eigenvalue weighted by molar-refractivity contribution is -0.870. The van der Waals surface area contributed by atoms with Gasteiger partial charge in [0.1, 0.15) is 13.2 Å². The Balaban J connectivity index is 4.00. The van der Waals surface area contributed by atoms with Crippen LogP contribution >= 0.6 is 0 Å². The van der Waals surface area contributed by atoms with Crippen molar-refractivity contribution in [3.63, 3.8) is 0 Å². The molecule has 0 spiro atoms. The van der Waals surface area contributed by atoms with E-state index in [4.69, 9.17) is 18.9 Å². The Bertz CT molecular complexity index is 1850. The highest BCUT2D eigenvalue weighted by Crippen LogP contribution is 2.19. The number of esters is 2. The van der Waals surface area contributed by atoms with Gasteiger partial charge >= 0.3 is 17.9 Å². The van der Waals surface area contributed by atoms with Gasteiger partial charge in [-0.1, -0.05) is 349 Å². The van der Waals surface area contributed by atoms with Crippen molar-refractivity contribution < 1.29 is 42.9 Å². The zero-order valence-corrected chi connectivity index (χ0v) is 61.7. The average molecular weight is 1300 g/mol. The molecule has 0 saturated heterocycles. The second kappa shape index (κ2) is 74.0. The first-order valence-electron chi connectivity index (χ1n) is 39.4. The Morgan fingerprint density at radius 3 is 0.925 bits per heavy atom. The number of carboxylic acids is 1. The zero-order chi connectivity index (χ0) is 67.5. The fraction of sp³-hybridized carbons (Fsp3) is 0.774. The molecule has 0 aliphatic rings. The average Bonchev–Trinajstić information content (AvgIpc) is 3.38. The number of hydrogen-bond acceptors (Lipinski definition) is 7. The van der Waals surface area contributed by atoms with Gasteiger partial charge in [0.25, 0.3) is 6.29 Å². The summed E-state index contributed by atoms with van der Waals surface area (Å²) < 4.78 is 23.0. The van der Waals surface area contributed by atoms with E-state index < -0.39 is 24.3 Å². The molecule has 2 atom stereocenters. The Kier molecular flexibility index (Phi) is 71.0. The monoisotopic (exact) mass is 1300 g/mol. The number of allylic oxidation sites excluding steroid dienone is 16. The van der Waals surface area contributed by atoms with E-state index in [1.54, 1.807) is 0 Å². The zero-order valence-electron chi connectivity index (χ0n) is 61.7. The lowest BCUT2D eigenvalue weighted by Gasteiger charge is -2.25. The smallest absolute Gasteiger partial charge is 0.361 e. The number of unbranched alkanes of at least 4 members (excludes halogenated alkanes) is 42. The Morgan fingerprint density at radius 2 is 0.613 bits per heavy atom. The molecule has 0 fully saturated rings. The van der Waals surface area contributed by atoms with Crippen LogP contribution in [0.4, 0.5) is 0 Å². The summed E-state index contributed by atoms with van der Waals surface area (Å²) in [4.78, 5) is 37.7. The van der Waals surface area contributed by atoms with Gasteiger partial charge in [0.15, 0.2) is 6.10 Å².